The van der Waals surface area contributed by atoms with Crippen LogP contribution in [0.1, 0.15) is 5.69 Å². The van der Waals surface area contributed by atoms with Crippen molar-refractivity contribution in [3.63, 3.8) is 0 Å². The number of aliphatic imine (C=N–C) groups is 1. The lowest BCUT2D eigenvalue weighted by molar-refractivity contribution is -0.114. The number of ether oxygens (including phenoxy) is 1. The van der Waals surface area contributed by atoms with E-state index in [9.17, 15) is 18.0 Å². The quantitative estimate of drug-likeness (QED) is 0.701. The zero-order valence-electron chi connectivity index (χ0n) is 15.1. The van der Waals surface area contributed by atoms with Crippen LogP contribution in [0.25, 0.3) is 11.8 Å². The molecule has 0 spiro atoms. The molecule has 30 heavy (non-hydrogen) atoms. The first-order valence-electron chi connectivity index (χ1n) is 8.27. The summed E-state index contributed by atoms with van der Waals surface area (Å²) in [5.74, 6) is -0.818. The number of hydrogen-bond acceptors (Lipinski definition) is 5. The van der Waals surface area contributed by atoms with E-state index < -0.39 is 23.0 Å². The minimum Gasteiger partial charge on any atom is -0.495 e. The number of hydrazone groups is 1. The smallest absolute Gasteiger partial charge is 0.441 e. The number of carbonyl (C=O) groups is 1. The Balaban J connectivity index is 1.76. The molecule has 0 aliphatic carbocycles. The van der Waals surface area contributed by atoms with Gasteiger partial charge >= 0.3 is 6.18 Å². The first-order valence-corrected chi connectivity index (χ1v) is 9.47. The second-order valence-electron chi connectivity index (χ2n) is 6.04. The van der Waals surface area contributed by atoms with Crippen LogP contribution in [-0.4, -0.2) is 44.8 Å². The molecular formula is C18H11ClF3N5O2S. The van der Waals surface area contributed by atoms with Crippen LogP contribution >= 0.6 is 23.4 Å². The van der Waals surface area contributed by atoms with Crippen LogP contribution in [0.4, 0.5) is 13.2 Å². The van der Waals surface area contributed by atoms with Crippen molar-refractivity contribution in [2.24, 2.45) is 10.1 Å². The molecule has 0 unspecified atom stereocenters. The Morgan fingerprint density at radius 2 is 2.07 bits per heavy atom. The van der Waals surface area contributed by atoms with Crippen LogP contribution in [0.5, 0.6) is 5.75 Å². The Labute approximate surface area is 177 Å². The number of alkyl halides is 3. The minimum absolute atomic E-state index is 0.201. The average Bonchev–Trinajstić information content (AvgIpc) is 3.31. The molecule has 1 N–H and O–H groups in total. The van der Waals surface area contributed by atoms with E-state index in [-0.39, 0.29) is 22.5 Å². The number of halogens is 4. The van der Waals surface area contributed by atoms with E-state index in [0.717, 1.165) is 0 Å². The summed E-state index contributed by atoms with van der Waals surface area (Å²) in [6.07, 6.45) is -1.65. The molecule has 0 radical (unpaired) electrons. The van der Waals surface area contributed by atoms with Gasteiger partial charge in [-0.1, -0.05) is 11.6 Å². The summed E-state index contributed by atoms with van der Waals surface area (Å²) in [6.45, 7) is 0. The monoisotopic (exact) mass is 453 g/mol. The lowest BCUT2D eigenvalue weighted by atomic mass is 10.1. The molecule has 154 valence electrons. The topological polar surface area (TPSA) is 83.0 Å². The van der Waals surface area contributed by atoms with Crippen molar-refractivity contribution in [1.29, 1.82) is 5.41 Å². The number of rotatable bonds is 3. The highest BCUT2D eigenvalue weighted by atomic mass is 35.5. The number of benzene rings is 1. The molecule has 0 bridgehead atoms. The van der Waals surface area contributed by atoms with Crippen molar-refractivity contribution in [3.05, 3.63) is 52.8 Å². The number of nitrogens with zero attached hydrogens (tertiary/aromatic N) is 4. The molecule has 3 heterocycles. The Morgan fingerprint density at radius 1 is 1.30 bits per heavy atom. The van der Waals surface area contributed by atoms with E-state index in [4.69, 9.17) is 21.7 Å². The molecule has 1 amide bonds. The van der Waals surface area contributed by atoms with Gasteiger partial charge in [0.1, 0.15) is 5.75 Å². The summed E-state index contributed by atoms with van der Waals surface area (Å²) in [7, 11) is 1.49. The summed E-state index contributed by atoms with van der Waals surface area (Å²) >= 11 is 6.29. The molecule has 12 heteroatoms. The molecular weight excluding hydrogens is 443 g/mol. The summed E-state index contributed by atoms with van der Waals surface area (Å²) in [5.41, 5.74) is 0.844. The highest BCUT2D eigenvalue weighted by Crippen LogP contribution is 2.35. The van der Waals surface area contributed by atoms with E-state index in [1.165, 1.54) is 13.2 Å². The number of aromatic nitrogens is 1. The zero-order chi connectivity index (χ0) is 21.6. The predicted molar refractivity (Wildman–Crippen MR) is 108 cm³/mol. The first-order chi connectivity index (χ1) is 14.2. The summed E-state index contributed by atoms with van der Waals surface area (Å²) in [6, 6.07) is 8.35. The molecule has 1 aromatic carbocycles. The van der Waals surface area contributed by atoms with E-state index in [2.05, 4.69) is 10.1 Å². The highest BCUT2D eigenvalue weighted by molar-refractivity contribution is 8.27. The molecule has 2 aromatic rings. The Bertz CT molecular complexity index is 1170. The number of amides is 1. The number of carbonyl (C=O) groups excluding carboxylic acids is 1. The van der Waals surface area contributed by atoms with Gasteiger partial charge < -0.3 is 9.30 Å². The molecule has 2 aliphatic rings. The van der Waals surface area contributed by atoms with Crippen LogP contribution in [-0.2, 0) is 4.79 Å². The van der Waals surface area contributed by atoms with E-state index >= 15 is 0 Å². The Hall–Kier alpha value is -3.05. The van der Waals surface area contributed by atoms with Gasteiger partial charge in [-0.3, -0.25) is 10.2 Å². The summed E-state index contributed by atoms with van der Waals surface area (Å²) in [4.78, 5) is 16.1. The second kappa shape index (κ2) is 7.33. The van der Waals surface area contributed by atoms with Gasteiger partial charge in [-0.25, -0.2) is 0 Å². The fourth-order valence-electron chi connectivity index (χ4n) is 2.84. The second-order valence-corrected chi connectivity index (χ2v) is 7.43. The summed E-state index contributed by atoms with van der Waals surface area (Å²) < 4.78 is 45.8. The molecule has 4 rings (SSSR count). The third-order valence-corrected chi connectivity index (χ3v) is 5.36. The maximum Gasteiger partial charge on any atom is 0.441 e. The Morgan fingerprint density at radius 3 is 2.77 bits per heavy atom. The maximum atomic E-state index is 12.9. The fourth-order valence-corrected chi connectivity index (χ4v) is 3.76. The van der Waals surface area contributed by atoms with Crippen LogP contribution in [0.15, 0.2) is 52.2 Å². The third-order valence-electron chi connectivity index (χ3n) is 4.17. The fraction of sp³-hybridized carbons (Fsp3) is 0.111. The largest absolute Gasteiger partial charge is 0.495 e. The molecule has 7 nitrogen and oxygen atoms in total. The predicted octanol–water partition coefficient (Wildman–Crippen LogP) is 4.32. The maximum absolute atomic E-state index is 12.9. The lowest BCUT2D eigenvalue weighted by Gasteiger charge is -2.20. The number of hydrogen-bond donors (Lipinski definition) is 1. The number of fused-ring (bicyclic) bond motifs is 1. The Kier molecular flexibility index (Phi) is 4.94. The van der Waals surface area contributed by atoms with Gasteiger partial charge in [0.05, 0.1) is 18.4 Å². The highest BCUT2D eigenvalue weighted by Gasteiger charge is 2.46. The molecule has 0 saturated heterocycles. The normalized spacial score (nSPS) is 17.9. The van der Waals surface area contributed by atoms with Crippen molar-refractivity contribution in [3.8, 4) is 11.4 Å². The van der Waals surface area contributed by atoms with Gasteiger partial charge in [-0.05, 0) is 48.2 Å². The number of methoxy groups -OCH3 is 1. The molecule has 2 aliphatic heterocycles. The van der Waals surface area contributed by atoms with E-state index in [1.807, 2.05) is 0 Å². The van der Waals surface area contributed by atoms with Crippen LogP contribution in [0, 0.1) is 5.41 Å². The molecule has 1 aromatic heterocycles. The van der Waals surface area contributed by atoms with Crippen molar-refractivity contribution in [2.75, 3.05) is 7.11 Å². The number of thioether (sulfide) groups is 1. The van der Waals surface area contributed by atoms with Gasteiger partial charge in [-0.2, -0.15) is 28.3 Å². The molecule has 0 atom stereocenters. The van der Waals surface area contributed by atoms with Crippen molar-refractivity contribution in [1.82, 2.24) is 9.58 Å². The SMILES string of the molecule is COc1ccc(Cl)cc1-n1cccc1/C=C1\C(=N)N2N=C(C(F)(F)F)SC2=NC1=O. The minimum atomic E-state index is -4.70. The number of amidine groups is 2. The van der Waals surface area contributed by atoms with Crippen molar-refractivity contribution >= 4 is 51.4 Å². The van der Waals surface area contributed by atoms with Crippen molar-refractivity contribution < 1.29 is 22.7 Å². The molecule has 0 fully saturated rings. The zero-order valence-corrected chi connectivity index (χ0v) is 16.6. The van der Waals surface area contributed by atoms with Crippen LogP contribution in [0.2, 0.25) is 5.02 Å². The van der Waals surface area contributed by atoms with Crippen LogP contribution in [0.3, 0.4) is 0 Å². The van der Waals surface area contributed by atoms with Gasteiger partial charge in [0.15, 0.2) is 5.84 Å². The van der Waals surface area contributed by atoms with Gasteiger partial charge in [0.2, 0.25) is 10.2 Å². The lowest BCUT2D eigenvalue weighted by Crippen LogP contribution is -2.35. The standard InChI is InChI=1S/C18H11ClF3N5O2S/c1-29-13-5-4-9(19)7-12(13)26-6-2-3-10(26)8-11-14(23)27-17(24-15(11)28)30-16(25-27)18(20,21)22/h2-8,23H,1H3/b11-8+,23-14?. The van der Waals surface area contributed by atoms with Crippen molar-refractivity contribution in [2.45, 2.75) is 6.18 Å². The van der Waals surface area contributed by atoms with Gasteiger partial charge in [-0.15, -0.1) is 0 Å². The van der Waals surface area contributed by atoms with E-state index in [1.54, 1.807) is 41.1 Å². The first kappa shape index (κ1) is 20.2. The van der Waals surface area contributed by atoms with Gasteiger partial charge in [0, 0.05) is 16.9 Å². The average molecular weight is 454 g/mol. The van der Waals surface area contributed by atoms with Gasteiger partial charge in [0.25, 0.3) is 5.91 Å². The summed E-state index contributed by atoms with van der Waals surface area (Å²) in [5, 5.41) is 11.3. The van der Waals surface area contributed by atoms with Crippen LogP contribution < -0.4 is 4.74 Å². The third kappa shape index (κ3) is 3.50. The molecule has 0 saturated carbocycles. The number of nitrogens with one attached hydrogen (secondary N) is 1. The van der Waals surface area contributed by atoms with E-state index in [0.29, 0.717) is 27.2 Å².